The highest BCUT2D eigenvalue weighted by molar-refractivity contribution is 6.18. The number of rotatable bonds is 2. The van der Waals surface area contributed by atoms with Crippen LogP contribution in [0.2, 0.25) is 0 Å². The Morgan fingerprint density at radius 1 is 1.56 bits per heavy atom. The van der Waals surface area contributed by atoms with E-state index in [4.69, 9.17) is 11.6 Å². The molecule has 1 aliphatic rings. The summed E-state index contributed by atoms with van der Waals surface area (Å²) in [5.74, 6) is 1.09. The lowest BCUT2D eigenvalue weighted by Crippen LogP contribution is -2.44. The molecule has 0 spiro atoms. The zero-order valence-electron chi connectivity index (χ0n) is 9.40. The maximum atomic E-state index is 11.9. The van der Waals surface area contributed by atoms with Crippen molar-refractivity contribution in [1.82, 2.24) is 9.55 Å². The molecule has 88 valence electrons. The third kappa shape index (κ3) is 2.07. The Morgan fingerprint density at radius 3 is 3.12 bits per heavy atom. The van der Waals surface area contributed by atoms with E-state index in [1.807, 2.05) is 0 Å². The van der Waals surface area contributed by atoms with Gasteiger partial charge in [-0.05, 0) is 19.3 Å². The van der Waals surface area contributed by atoms with E-state index in [1.165, 1.54) is 6.42 Å². The second-order valence-electron chi connectivity index (χ2n) is 4.16. The summed E-state index contributed by atoms with van der Waals surface area (Å²) in [5, 5.41) is 0. The Morgan fingerprint density at radius 2 is 2.38 bits per heavy atom. The van der Waals surface area contributed by atoms with Crippen molar-refractivity contribution < 1.29 is 0 Å². The average molecular weight is 242 g/mol. The average Bonchev–Trinajstić information content (AvgIpc) is 2.33. The molecule has 0 bridgehead atoms. The summed E-state index contributed by atoms with van der Waals surface area (Å²) in [5.41, 5.74) is -0.0421. The molecule has 2 heterocycles. The predicted molar refractivity (Wildman–Crippen MR) is 65.2 cm³/mol. The van der Waals surface area contributed by atoms with Crippen LogP contribution in [0, 0.1) is 0 Å². The van der Waals surface area contributed by atoms with E-state index < -0.39 is 0 Å². The highest BCUT2D eigenvalue weighted by Crippen LogP contribution is 2.21. The first-order valence-corrected chi connectivity index (χ1v) is 6.11. The van der Waals surface area contributed by atoms with Crippen molar-refractivity contribution >= 4 is 17.4 Å². The fraction of sp³-hybridized carbons (Fsp3) is 0.636. The van der Waals surface area contributed by atoms with Crippen LogP contribution in [-0.2, 0) is 7.05 Å². The maximum Gasteiger partial charge on any atom is 0.293 e. The lowest BCUT2D eigenvalue weighted by molar-refractivity contribution is 0.481. The van der Waals surface area contributed by atoms with Crippen LogP contribution < -0.4 is 10.5 Å². The number of hydrogen-bond donors (Lipinski definition) is 0. The highest BCUT2D eigenvalue weighted by atomic mass is 35.5. The first-order valence-electron chi connectivity index (χ1n) is 5.58. The second-order valence-corrected chi connectivity index (χ2v) is 4.47. The van der Waals surface area contributed by atoms with Crippen molar-refractivity contribution in [3.8, 4) is 0 Å². The molecule has 1 aromatic rings. The summed E-state index contributed by atoms with van der Waals surface area (Å²) in [6.07, 6.45) is 6.67. The summed E-state index contributed by atoms with van der Waals surface area (Å²) < 4.78 is 1.56. The van der Waals surface area contributed by atoms with Gasteiger partial charge in [0.1, 0.15) is 0 Å². The normalized spacial score (nSPS) is 21.1. The molecule has 1 saturated heterocycles. The van der Waals surface area contributed by atoms with Crippen LogP contribution in [0.15, 0.2) is 17.2 Å². The molecule has 1 aromatic heterocycles. The number of hydrogen-bond acceptors (Lipinski definition) is 3. The number of alkyl halides is 1. The summed E-state index contributed by atoms with van der Waals surface area (Å²) in [6.45, 7) is 0.879. The number of aryl methyl sites for hydroxylation is 1. The lowest BCUT2D eigenvalue weighted by Gasteiger charge is -2.34. The fourth-order valence-electron chi connectivity index (χ4n) is 2.12. The zero-order chi connectivity index (χ0) is 11.5. The smallest absolute Gasteiger partial charge is 0.293 e. The topological polar surface area (TPSA) is 38.1 Å². The van der Waals surface area contributed by atoms with Gasteiger partial charge in [0.2, 0.25) is 0 Å². The van der Waals surface area contributed by atoms with Gasteiger partial charge in [-0.1, -0.05) is 0 Å². The van der Waals surface area contributed by atoms with Gasteiger partial charge in [-0.25, -0.2) is 4.98 Å². The van der Waals surface area contributed by atoms with Gasteiger partial charge in [-0.15, -0.1) is 11.6 Å². The van der Waals surface area contributed by atoms with Crippen molar-refractivity contribution in [2.45, 2.75) is 25.3 Å². The van der Waals surface area contributed by atoms with E-state index in [2.05, 4.69) is 9.88 Å². The Bertz CT molecular complexity index is 418. The Hall–Kier alpha value is -1.03. The molecule has 2 rings (SSSR count). The summed E-state index contributed by atoms with van der Waals surface area (Å²) in [6, 6.07) is 0.248. The maximum absolute atomic E-state index is 11.9. The molecule has 0 N–H and O–H groups in total. The molecule has 0 amide bonds. The number of halogens is 1. The van der Waals surface area contributed by atoms with Crippen LogP contribution in [0.1, 0.15) is 19.3 Å². The van der Waals surface area contributed by atoms with E-state index in [9.17, 15) is 4.79 Å². The molecule has 0 aromatic carbocycles. The van der Waals surface area contributed by atoms with Crippen LogP contribution in [-0.4, -0.2) is 28.0 Å². The van der Waals surface area contributed by atoms with Gasteiger partial charge in [0, 0.05) is 37.9 Å². The SMILES string of the molecule is Cn1ccnc(N2CCCCC2CCl)c1=O. The van der Waals surface area contributed by atoms with Crippen molar-refractivity contribution in [1.29, 1.82) is 0 Å². The van der Waals surface area contributed by atoms with Gasteiger partial charge in [0.25, 0.3) is 5.56 Å². The van der Waals surface area contributed by atoms with E-state index in [-0.39, 0.29) is 11.6 Å². The quantitative estimate of drug-likeness (QED) is 0.735. The number of piperidine rings is 1. The van der Waals surface area contributed by atoms with Crippen molar-refractivity contribution in [3.05, 3.63) is 22.7 Å². The molecule has 0 aliphatic carbocycles. The van der Waals surface area contributed by atoms with Gasteiger partial charge in [-0.3, -0.25) is 4.79 Å². The van der Waals surface area contributed by atoms with Gasteiger partial charge in [-0.2, -0.15) is 0 Å². The molecule has 1 fully saturated rings. The minimum absolute atomic E-state index is 0.0421. The van der Waals surface area contributed by atoms with Crippen LogP contribution in [0.4, 0.5) is 5.82 Å². The van der Waals surface area contributed by atoms with Gasteiger partial charge in [0.15, 0.2) is 5.82 Å². The molecular weight excluding hydrogens is 226 g/mol. The Balaban J connectivity index is 2.34. The highest BCUT2D eigenvalue weighted by Gasteiger charge is 2.24. The van der Waals surface area contributed by atoms with Crippen LogP contribution in [0.25, 0.3) is 0 Å². The number of anilines is 1. The van der Waals surface area contributed by atoms with Crippen molar-refractivity contribution in [2.75, 3.05) is 17.3 Å². The van der Waals surface area contributed by atoms with Crippen molar-refractivity contribution in [2.24, 2.45) is 7.05 Å². The molecule has 0 saturated carbocycles. The predicted octanol–water partition coefficient (Wildman–Crippen LogP) is 1.38. The third-order valence-electron chi connectivity index (χ3n) is 3.08. The van der Waals surface area contributed by atoms with Gasteiger partial charge in [0.05, 0.1) is 0 Å². The Kier molecular flexibility index (Phi) is 3.49. The summed E-state index contributed by atoms with van der Waals surface area (Å²) in [7, 11) is 1.74. The van der Waals surface area contributed by atoms with Crippen molar-refractivity contribution in [3.63, 3.8) is 0 Å². The third-order valence-corrected chi connectivity index (χ3v) is 3.43. The molecule has 16 heavy (non-hydrogen) atoms. The summed E-state index contributed by atoms with van der Waals surface area (Å²) >= 11 is 5.94. The largest absolute Gasteiger partial charge is 0.348 e. The van der Waals surface area contributed by atoms with E-state index in [0.717, 1.165) is 19.4 Å². The van der Waals surface area contributed by atoms with Gasteiger partial charge < -0.3 is 9.47 Å². The first kappa shape index (κ1) is 11.5. The minimum Gasteiger partial charge on any atom is -0.348 e. The lowest BCUT2D eigenvalue weighted by atomic mass is 10.0. The molecule has 5 heteroatoms. The standard InChI is InChI=1S/C11H16ClN3O/c1-14-7-5-13-10(11(14)16)15-6-3-2-4-9(15)8-12/h5,7,9H,2-4,6,8H2,1H3. The Labute approximate surface area is 99.9 Å². The van der Waals surface area contributed by atoms with E-state index in [1.54, 1.807) is 24.0 Å². The second kappa shape index (κ2) is 4.87. The van der Waals surface area contributed by atoms with E-state index in [0.29, 0.717) is 11.7 Å². The number of nitrogens with zero attached hydrogens (tertiary/aromatic N) is 3. The molecule has 1 aliphatic heterocycles. The van der Waals surface area contributed by atoms with Crippen LogP contribution in [0.3, 0.4) is 0 Å². The molecule has 4 nitrogen and oxygen atoms in total. The molecule has 0 radical (unpaired) electrons. The van der Waals surface area contributed by atoms with E-state index >= 15 is 0 Å². The van der Waals surface area contributed by atoms with Gasteiger partial charge >= 0.3 is 0 Å². The fourth-order valence-corrected chi connectivity index (χ4v) is 2.44. The summed E-state index contributed by atoms with van der Waals surface area (Å²) in [4.78, 5) is 18.2. The monoisotopic (exact) mass is 241 g/mol. The minimum atomic E-state index is -0.0421. The van der Waals surface area contributed by atoms with Crippen LogP contribution in [0.5, 0.6) is 0 Å². The zero-order valence-corrected chi connectivity index (χ0v) is 10.2. The number of aromatic nitrogens is 2. The molecule has 1 atom stereocenters. The molecular formula is C11H16ClN3O. The molecule has 1 unspecified atom stereocenters. The first-order chi connectivity index (χ1) is 7.74. The van der Waals surface area contributed by atoms with Crippen LogP contribution >= 0.6 is 11.6 Å².